The number of fused-ring (bicyclic) bond motifs is 1. The van der Waals surface area contributed by atoms with E-state index in [4.69, 9.17) is 5.73 Å². The zero-order valence-electron chi connectivity index (χ0n) is 19.3. The molecule has 9 nitrogen and oxygen atoms in total. The molecule has 2 heterocycles. The number of hydrogen-bond donors (Lipinski definition) is 3. The fourth-order valence-electron chi connectivity index (χ4n) is 4.20. The number of H-pyrrole nitrogens is 2. The summed E-state index contributed by atoms with van der Waals surface area (Å²) in [4.78, 5) is 58.1. The Morgan fingerprint density at radius 3 is 2.53 bits per heavy atom. The van der Waals surface area contributed by atoms with Crippen molar-refractivity contribution < 1.29 is 9.59 Å². The first kappa shape index (κ1) is 23.6. The fourth-order valence-corrected chi connectivity index (χ4v) is 4.20. The number of unbranched alkanes of at least 4 members (excludes halogenated alkanes) is 1. The summed E-state index contributed by atoms with van der Waals surface area (Å²) in [6.07, 6.45) is 4.09. The first-order valence-electron chi connectivity index (χ1n) is 11.4. The van der Waals surface area contributed by atoms with Crippen molar-refractivity contribution in [1.82, 2.24) is 14.5 Å². The van der Waals surface area contributed by atoms with Crippen molar-refractivity contribution in [3.63, 3.8) is 0 Å². The molecule has 32 heavy (non-hydrogen) atoms. The van der Waals surface area contributed by atoms with E-state index in [1.54, 1.807) is 6.92 Å². The lowest BCUT2D eigenvalue weighted by Gasteiger charge is -2.25. The van der Waals surface area contributed by atoms with Gasteiger partial charge in [-0.2, -0.15) is 0 Å². The number of rotatable bonds is 8. The molecule has 0 aliphatic heterocycles. The second-order valence-corrected chi connectivity index (χ2v) is 8.89. The van der Waals surface area contributed by atoms with Gasteiger partial charge >= 0.3 is 5.69 Å². The van der Waals surface area contributed by atoms with Crippen LogP contribution in [0.3, 0.4) is 0 Å². The number of nitrogens with two attached hydrogens (primary N) is 1. The monoisotopic (exact) mass is 443 g/mol. The van der Waals surface area contributed by atoms with Gasteiger partial charge in [0.25, 0.3) is 11.5 Å². The lowest BCUT2D eigenvalue weighted by molar-refractivity contribution is 0.0969. The number of nitrogens with one attached hydrogen (secondary N) is 2. The molecule has 3 rings (SSSR count). The van der Waals surface area contributed by atoms with Crippen LogP contribution in [0.15, 0.2) is 9.59 Å². The minimum absolute atomic E-state index is 0.0191. The number of carbonyl (C=O) groups is 2. The largest absolute Gasteiger partial charge is 0.383 e. The number of anilines is 2. The van der Waals surface area contributed by atoms with E-state index in [1.807, 2.05) is 20.8 Å². The first-order valence-corrected chi connectivity index (χ1v) is 11.4. The third kappa shape index (κ3) is 4.42. The van der Waals surface area contributed by atoms with Crippen LogP contribution in [0.25, 0.3) is 0 Å². The van der Waals surface area contributed by atoms with Crippen LogP contribution in [-0.2, 0) is 13.0 Å². The Morgan fingerprint density at radius 1 is 1.19 bits per heavy atom. The highest BCUT2D eigenvalue weighted by Gasteiger charge is 2.31. The van der Waals surface area contributed by atoms with Crippen LogP contribution in [0, 0.1) is 12.8 Å². The normalized spacial score (nSPS) is 13.5. The molecule has 0 bridgehead atoms. The Hall–Kier alpha value is -3.10. The van der Waals surface area contributed by atoms with E-state index in [1.165, 1.54) is 9.47 Å². The van der Waals surface area contributed by atoms with Crippen molar-refractivity contribution >= 4 is 23.2 Å². The number of Topliss-reactive ketones (excluding diaryl/α,β-unsaturated/α-hetero) is 1. The van der Waals surface area contributed by atoms with Gasteiger partial charge in [0.1, 0.15) is 11.5 Å². The van der Waals surface area contributed by atoms with E-state index >= 15 is 0 Å². The molecular formula is C23H33N5O4. The highest BCUT2D eigenvalue weighted by molar-refractivity contribution is 6.10. The van der Waals surface area contributed by atoms with Crippen LogP contribution in [0.1, 0.15) is 85.0 Å². The number of aryl methyl sites for hydroxylation is 1. The SMILES string of the molecule is CCCCn1c(N)c(N(CCC(C)C)C(=O)c2[nH]c3c(c2C)C(=O)CCC3)c(=O)[nH]c1=O. The fraction of sp³-hybridized carbons (Fsp3) is 0.565. The molecule has 1 aliphatic carbocycles. The van der Waals surface area contributed by atoms with Crippen LogP contribution >= 0.6 is 0 Å². The van der Waals surface area contributed by atoms with Crippen molar-refractivity contribution in [2.75, 3.05) is 17.2 Å². The highest BCUT2D eigenvalue weighted by Crippen LogP contribution is 2.29. The smallest absolute Gasteiger partial charge is 0.330 e. The van der Waals surface area contributed by atoms with Gasteiger partial charge in [-0.05, 0) is 44.1 Å². The van der Waals surface area contributed by atoms with E-state index in [0.29, 0.717) is 49.0 Å². The Morgan fingerprint density at radius 2 is 1.91 bits per heavy atom. The maximum absolute atomic E-state index is 13.7. The van der Waals surface area contributed by atoms with Crippen molar-refractivity contribution in [2.24, 2.45) is 5.92 Å². The van der Waals surface area contributed by atoms with Gasteiger partial charge in [-0.25, -0.2) is 4.79 Å². The average Bonchev–Trinajstić information content (AvgIpc) is 3.07. The lowest BCUT2D eigenvalue weighted by atomic mass is 9.93. The van der Waals surface area contributed by atoms with E-state index in [9.17, 15) is 19.2 Å². The molecule has 0 aromatic carbocycles. The molecule has 9 heteroatoms. The number of aromatic amines is 2. The number of hydrogen-bond acceptors (Lipinski definition) is 5. The van der Waals surface area contributed by atoms with Crippen LogP contribution in [0.5, 0.6) is 0 Å². The molecule has 1 aliphatic rings. The number of nitrogens with zero attached hydrogens (tertiary/aromatic N) is 2. The third-order valence-electron chi connectivity index (χ3n) is 6.05. The number of carbonyl (C=O) groups excluding carboxylic acids is 2. The summed E-state index contributed by atoms with van der Waals surface area (Å²) < 4.78 is 1.31. The highest BCUT2D eigenvalue weighted by atomic mass is 16.2. The Balaban J connectivity index is 2.13. The van der Waals surface area contributed by atoms with Gasteiger partial charge in [0.2, 0.25) is 0 Å². The van der Waals surface area contributed by atoms with E-state index < -0.39 is 17.2 Å². The van der Waals surface area contributed by atoms with Crippen molar-refractivity contribution in [3.8, 4) is 0 Å². The Kier molecular flexibility index (Phi) is 7.06. The average molecular weight is 444 g/mol. The summed E-state index contributed by atoms with van der Waals surface area (Å²) in [5.41, 5.74) is 7.22. The Bertz CT molecular complexity index is 1140. The van der Waals surface area contributed by atoms with Gasteiger partial charge in [0.05, 0.1) is 0 Å². The summed E-state index contributed by atoms with van der Waals surface area (Å²) in [5, 5.41) is 0. The zero-order chi connectivity index (χ0) is 23.6. The first-order chi connectivity index (χ1) is 15.2. The summed E-state index contributed by atoms with van der Waals surface area (Å²) in [5.74, 6) is -0.146. The standard InChI is InChI=1S/C23H33N5O4/c1-5-6-11-28-20(24)19(21(30)26-23(28)32)27(12-10-13(2)3)22(31)18-14(4)17-15(25-18)8-7-9-16(17)29/h13,25H,5-12,24H2,1-4H3,(H,26,30,32). The maximum Gasteiger partial charge on any atom is 0.330 e. The predicted molar refractivity (Wildman–Crippen MR) is 125 cm³/mol. The van der Waals surface area contributed by atoms with E-state index in [0.717, 1.165) is 18.5 Å². The summed E-state index contributed by atoms with van der Waals surface area (Å²) in [7, 11) is 0. The summed E-state index contributed by atoms with van der Waals surface area (Å²) >= 11 is 0. The maximum atomic E-state index is 13.7. The number of amides is 1. The zero-order valence-corrected chi connectivity index (χ0v) is 19.3. The third-order valence-corrected chi connectivity index (χ3v) is 6.05. The van der Waals surface area contributed by atoms with Gasteiger partial charge in [0.15, 0.2) is 11.5 Å². The molecule has 2 aromatic heterocycles. The van der Waals surface area contributed by atoms with Gasteiger partial charge in [-0.15, -0.1) is 0 Å². The predicted octanol–water partition coefficient (Wildman–Crippen LogP) is 2.77. The quantitative estimate of drug-likeness (QED) is 0.577. The van der Waals surface area contributed by atoms with Crippen molar-refractivity contribution in [2.45, 2.75) is 72.8 Å². The summed E-state index contributed by atoms with van der Waals surface area (Å²) in [6, 6.07) is 0. The van der Waals surface area contributed by atoms with Gasteiger partial charge < -0.3 is 10.7 Å². The Labute approximate surface area is 187 Å². The molecular weight excluding hydrogens is 410 g/mol. The van der Waals surface area contributed by atoms with Crippen LogP contribution < -0.4 is 21.9 Å². The van der Waals surface area contributed by atoms with Gasteiger partial charge in [-0.3, -0.25) is 28.8 Å². The topological polar surface area (TPSA) is 134 Å². The van der Waals surface area contributed by atoms with Crippen LogP contribution in [-0.4, -0.2) is 32.8 Å². The molecule has 2 aromatic rings. The minimum Gasteiger partial charge on any atom is -0.383 e. The molecule has 0 fully saturated rings. The molecule has 0 atom stereocenters. The molecule has 0 spiro atoms. The van der Waals surface area contributed by atoms with E-state index in [2.05, 4.69) is 9.97 Å². The second-order valence-electron chi connectivity index (χ2n) is 8.89. The number of nitrogen functional groups attached to an aromatic ring is 1. The molecule has 0 saturated carbocycles. The molecule has 0 saturated heterocycles. The molecule has 1 amide bonds. The minimum atomic E-state index is -0.692. The molecule has 0 unspecified atom stereocenters. The van der Waals surface area contributed by atoms with Crippen LogP contribution in [0.2, 0.25) is 0 Å². The lowest BCUT2D eigenvalue weighted by Crippen LogP contribution is -2.42. The molecule has 0 radical (unpaired) electrons. The molecule has 174 valence electrons. The number of ketones is 1. The van der Waals surface area contributed by atoms with Crippen LogP contribution in [0.4, 0.5) is 11.5 Å². The van der Waals surface area contributed by atoms with Gasteiger partial charge in [0, 0.05) is 30.8 Å². The van der Waals surface area contributed by atoms with Crippen molar-refractivity contribution in [3.05, 3.63) is 43.4 Å². The number of aromatic nitrogens is 3. The van der Waals surface area contributed by atoms with Crippen molar-refractivity contribution in [1.29, 1.82) is 0 Å². The van der Waals surface area contributed by atoms with Gasteiger partial charge in [-0.1, -0.05) is 27.2 Å². The van der Waals surface area contributed by atoms with E-state index in [-0.39, 0.29) is 29.8 Å². The molecule has 4 N–H and O–H groups in total. The second kappa shape index (κ2) is 9.58. The summed E-state index contributed by atoms with van der Waals surface area (Å²) in [6.45, 7) is 8.39.